The minimum absolute atomic E-state index is 0.533. The van der Waals surface area contributed by atoms with Crippen LogP contribution in [0.25, 0.3) is 0 Å². The Hall–Kier alpha value is -1.31. The third kappa shape index (κ3) is 1.50. The van der Waals surface area contributed by atoms with Crippen LogP contribution in [0.15, 0.2) is 12.1 Å². The van der Waals surface area contributed by atoms with E-state index in [1.54, 1.807) is 0 Å². The highest BCUT2D eigenvalue weighted by Crippen LogP contribution is 2.51. The van der Waals surface area contributed by atoms with E-state index < -0.39 is 11.4 Å². The molecule has 1 saturated carbocycles. The first-order chi connectivity index (χ1) is 8.15. The van der Waals surface area contributed by atoms with Gasteiger partial charge in [-0.3, -0.25) is 4.79 Å². The molecule has 1 N–H and O–H groups in total. The van der Waals surface area contributed by atoms with Crippen LogP contribution in [-0.4, -0.2) is 11.1 Å². The molecule has 1 fully saturated rings. The molecule has 0 unspecified atom stereocenters. The molecule has 0 saturated heterocycles. The van der Waals surface area contributed by atoms with Crippen molar-refractivity contribution in [1.82, 2.24) is 0 Å². The predicted octanol–water partition coefficient (Wildman–Crippen LogP) is 2.99. The van der Waals surface area contributed by atoms with Gasteiger partial charge in [0.05, 0.1) is 5.41 Å². The summed E-state index contributed by atoms with van der Waals surface area (Å²) in [6.07, 6.45) is 6.29. The number of carboxylic acid groups (broad SMARTS) is 1. The summed E-state index contributed by atoms with van der Waals surface area (Å²) in [4.78, 5) is 11.5. The topological polar surface area (TPSA) is 37.3 Å². The molecule has 3 rings (SSSR count). The van der Waals surface area contributed by atoms with Crippen LogP contribution in [0.4, 0.5) is 0 Å². The number of fused-ring (bicyclic) bond motifs is 1. The first-order valence-corrected chi connectivity index (χ1v) is 6.50. The number of aryl methyl sites for hydroxylation is 1. The van der Waals surface area contributed by atoms with Crippen molar-refractivity contribution in [3.05, 3.63) is 34.4 Å². The Balaban J connectivity index is 2.15. The maximum atomic E-state index is 11.5. The Bertz CT molecular complexity index is 484. The number of carboxylic acids is 1. The van der Waals surface area contributed by atoms with Crippen LogP contribution in [0.2, 0.25) is 0 Å². The fraction of sp³-hybridized carbons (Fsp3) is 0.533. The highest BCUT2D eigenvalue weighted by molar-refractivity contribution is 5.85. The van der Waals surface area contributed by atoms with E-state index in [2.05, 4.69) is 19.1 Å². The zero-order chi connectivity index (χ0) is 12.0. The largest absolute Gasteiger partial charge is 0.481 e. The number of benzene rings is 1. The lowest BCUT2D eigenvalue weighted by Gasteiger charge is -2.24. The maximum absolute atomic E-state index is 11.5. The van der Waals surface area contributed by atoms with Crippen LogP contribution in [-0.2, 0) is 23.1 Å². The van der Waals surface area contributed by atoms with Crippen molar-refractivity contribution >= 4 is 5.97 Å². The molecule has 2 nitrogen and oxygen atoms in total. The summed E-state index contributed by atoms with van der Waals surface area (Å²) in [6, 6.07) is 4.18. The van der Waals surface area contributed by atoms with E-state index >= 15 is 0 Å². The molecular weight excluding hydrogens is 212 g/mol. The number of aliphatic carboxylic acids is 1. The molecule has 0 aliphatic heterocycles. The fourth-order valence-electron chi connectivity index (χ4n) is 3.22. The molecule has 2 aliphatic rings. The van der Waals surface area contributed by atoms with Crippen molar-refractivity contribution in [2.75, 3.05) is 0 Å². The van der Waals surface area contributed by atoms with Gasteiger partial charge in [-0.05, 0) is 67.7 Å². The minimum atomic E-state index is -0.630. The fourth-order valence-corrected chi connectivity index (χ4v) is 3.22. The van der Waals surface area contributed by atoms with Crippen LogP contribution in [0.3, 0.4) is 0 Å². The lowest BCUT2D eigenvalue weighted by molar-refractivity contribution is -0.140. The van der Waals surface area contributed by atoms with E-state index in [1.165, 1.54) is 29.5 Å². The van der Waals surface area contributed by atoms with E-state index in [0.717, 1.165) is 31.2 Å². The summed E-state index contributed by atoms with van der Waals surface area (Å²) in [7, 11) is 0. The van der Waals surface area contributed by atoms with E-state index in [4.69, 9.17) is 0 Å². The monoisotopic (exact) mass is 230 g/mol. The third-order valence-corrected chi connectivity index (χ3v) is 4.44. The van der Waals surface area contributed by atoms with Gasteiger partial charge in [-0.15, -0.1) is 0 Å². The second-order valence-corrected chi connectivity index (χ2v) is 5.48. The molecule has 1 aromatic rings. The molecule has 0 amide bonds. The van der Waals surface area contributed by atoms with Crippen molar-refractivity contribution in [3.8, 4) is 0 Å². The molecule has 0 radical (unpaired) electrons. The summed E-state index contributed by atoms with van der Waals surface area (Å²) >= 11 is 0. The van der Waals surface area contributed by atoms with Gasteiger partial charge in [0.2, 0.25) is 0 Å². The van der Waals surface area contributed by atoms with Crippen LogP contribution in [0.1, 0.15) is 47.9 Å². The molecule has 0 heterocycles. The summed E-state index contributed by atoms with van der Waals surface area (Å²) in [5, 5.41) is 9.43. The SMILES string of the molecule is Cc1ccc(C2(C(=O)O)CC2)c2c1CCCC2. The quantitative estimate of drug-likeness (QED) is 0.848. The number of carbonyl (C=O) groups is 1. The number of hydrogen-bond acceptors (Lipinski definition) is 1. The van der Waals surface area contributed by atoms with Gasteiger partial charge < -0.3 is 5.11 Å². The van der Waals surface area contributed by atoms with Gasteiger partial charge >= 0.3 is 5.97 Å². The van der Waals surface area contributed by atoms with Gasteiger partial charge in [-0.2, -0.15) is 0 Å². The van der Waals surface area contributed by atoms with Crippen molar-refractivity contribution in [3.63, 3.8) is 0 Å². The average molecular weight is 230 g/mol. The molecule has 2 heteroatoms. The zero-order valence-corrected chi connectivity index (χ0v) is 10.3. The molecule has 0 atom stereocenters. The van der Waals surface area contributed by atoms with Gasteiger partial charge in [-0.1, -0.05) is 12.1 Å². The Morgan fingerprint density at radius 3 is 2.41 bits per heavy atom. The molecule has 0 aromatic heterocycles. The Kier molecular flexibility index (Phi) is 2.29. The van der Waals surface area contributed by atoms with Crippen LogP contribution in [0.5, 0.6) is 0 Å². The highest BCUT2D eigenvalue weighted by atomic mass is 16.4. The second kappa shape index (κ2) is 3.59. The number of rotatable bonds is 2. The van der Waals surface area contributed by atoms with Crippen molar-refractivity contribution in [2.24, 2.45) is 0 Å². The lowest BCUT2D eigenvalue weighted by Crippen LogP contribution is -2.23. The Morgan fingerprint density at radius 2 is 1.82 bits per heavy atom. The summed E-state index contributed by atoms with van der Waals surface area (Å²) in [5.41, 5.74) is 4.71. The average Bonchev–Trinajstić information content (AvgIpc) is 3.11. The molecule has 90 valence electrons. The van der Waals surface area contributed by atoms with Crippen LogP contribution >= 0.6 is 0 Å². The molecule has 0 bridgehead atoms. The molecule has 0 spiro atoms. The maximum Gasteiger partial charge on any atom is 0.314 e. The molecular formula is C15H18O2. The van der Waals surface area contributed by atoms with Crippen molar-refractivity contribution in [2.45, 2.75) is 50.9 Å². The third-order valence-electron chi connectivity index (χ3n) is 4.44. The molecule has 1 aromatic carbocycles. The zero-order valence-electron chi connectivity index (χ0n) is 10.3. The van der Waals surface area contributed by atoms with E-state index in [-0.39, 0.29) is 0 Å². The number of hydrogen-bond donors (Lipinski definition) is 1. The van der Waals surface area contributed by atoms with E-state index in [1.807, 2.05) is 0 Å². The smallest absolute Gasteiger partial charge is 0.314 e. The highest BCUT2D eigenvalue weighted by Gasteiger charge is 2.53. The summed E-state index contributed by atoms with van der Waals surface area (Å²) in [5.74, 6) is -0.630. The summed E-state index contributed by atoms with van der Waals surface area (Å²) < 4.78 is 0. The normalized spacial score (nSPS) is 20.8. The first kappa shape index (κ1) is 10.8. The molecule has 17 heavy (non-hydrogen) atoms. The standard InChI is InChI=1S/C15H18O2/c1-10-6-7-13(15(8-9-15)14(16)17)12-5-3-2-4-11(10)12/h6-7H,2-5,8-9H2,1H3,(H,16,17). The van der Waals surface area contributed by atoms with Crippen LogP contribution in [0, 0.1) is 6.92 Å². The van der Waals surface area contributed by atoms with Crippen LogP contribution < -0.4 is 0 Å². The lowest BCUT2D eigenvalue weighted by atomic mass is 9.80. The first-order valence-electron chi connectivity index (χ1n) is 6.50. The van der Waals surface area contributed by atoms with E-state index in [9.17, 15) is 9.90 Å². The van der Waals surface area contributed by atoms with Gasteiger partial charge in [0.1, 0.15) is 0 Å². The molecule has 2 aliphatic carbocycles. The van der Waals surface area contributed by atoms with Crippen molar-refractivity contribution in [1.29, 1.82) is 0 Å². The Labute approximate surface area is 102 Å². The van der Waals surface area contributed by atoms with Crippen molar-refractivity contribution < 1.29 is 9.90 Å². The van der Waals surface area contributed by atoms with Gasteiger partial charge in [-0.25, -0.2) is 0 Å². The van der Waals surface area contributed by atoms with Gasteiger partial charge in [0.15, 0.2) is 0 Å². The van der Waals surface area contributed by atoms with E-state index in [0.29, 0.717) is 0 Å². The predicted molar refractivity (Wildman–Crippen MR) is 66.4 cm³/mol. The van der Waals surface area contributed by atoms with Gasteiger partial charge in [0, 0.05) is 0 Å². The Morgan fingerprint density at radius 1 is 1.18 bits per heavy atom. The second-order valence-electron chi connectivity index (χ2n) is 5.48. The summed E-state index contributed by atoms with van der Waals surface area (Å²) in [6.45, 7) is 2.15. The van der Waals surface area contributed by atoms with Gasteiger partial charge in [0.25, 0.3) is 0 Å². The minimum Gasteiger partial charge on any atom is -0.481 e.